The lowest BCUT2D eigenvalue weighted by Crippen LogP contribution is -2.25. The molecule has 0 saturated carbocycles. The molecule has 0 atom stereocenters. The zero-order valence-electron chi connectivity index (χ0n) is 31.4. The molecule has 0 amide bonds. The summed E-state index contributed by atoms with van der Waals surface area (Å²) in [6.07, 6.45) is 4.82. The molecule has 2 heterocycles. The Kier molecular flexibility index (Phi) is 18.1. The quantitative estimate of drug-likeness (QED) is 0.0104. The van der Waals surface area contributed by atoms with E-state index in [1.165, 1.54) is 18.2 Å². The fourth-order valence-corrected chi connectivity index (χ4v) is 6.88. The van der Waals surface area contributed by atoms with Crippen molar-refractivity contribution in [3.63, 3.8) is 0 Å². The van der Waals surface area contributed by atoms with Crippen LogP contribution >= 0.6 is 35.2 Å². The second-order valence-electron chi connectivity index (χ2n) is 11.9. The van der Waals surface area contributed by atoms with Crippen LogP contribution in [0.25, 0.3) is 12.2 Å². The van der Waals surface area contributed by atoms with Gasteiger partial charge in [-0.15, -0.1) is 4.33 Å². The van der Waals surface area contributed by atoms with Crippen LogP contribution in [0, 0.1) is 0 Å². The van der Waals surface area contributed by atoms with E-state index in [1.54, 1.807) is 30.3 Å². The molecule has 18 nitrogen and oxygen atoms in total. The van der Waals surface area contributed by atoms with E-state index >= 15 is 0 Å². The second-order valence-corrected chi connectivity index (χ2v) is 14.7. The Morgan fingerprint density at radius 2 is 1.18 bits per heavy atom. The Morgan fingerprint density at radius 3 is 1.66 bits per heavy atom. The minimum atomic E-state index is -4.70. The predicted molar refractivity (Wildman–Crippen MR) is 220 cm³/mol. The van der Waals surface area contributed by atoms with Crippen LogP contribution in [0.15, 0.2) is 46.2 Å². The van der Waals surface area contributed by atoms with Crippen LogP contribution in [0.3, 0.4) is 0 Å². The van der Waals surface area contributed by atoms with Crippen LogP contribution in [-0.2, 0) is 19.5 Å². The number of hydrogen-bond acceptors (Lipinski definition) is 18. The summed E-state index contributed by atoms with van der Waals surface area (Å²) in [5, 5.41) is 24.9. The lowest BCUT2D eigenvalue weighted by Gasteiger charge is -2.17. The Morgan fingerprint density at radius 1 is 0.714 bits per heavy atom. The van der Waals surface area contributed by atoms with Crippen LogP contribution in [0.2, 0.25) is 10.6 Å². The van der Waals surface area contributed by atoms with Gasteiger partial charge in [-0.1, -0.05) is 57.0 Å². The number of nitrogens with zero attached hydrogens (tertiary/aromatic N) is 8. The maximum absolute atomic E-state index is 12.5. The van der Waals surface area contributed by atoms with Gasteiger partial charge in [0, 0.05) is 29.4 Å². The molecule has 0 aliphatic heterocycles. The first kappa shape index (κ1) is 44.8. The van der Waals surface area contributed by atoms with Crippen molar-refractivity contribution in [3.05, 3.63) is 58.1 Å². The monoisotopic (exact) mass is 852 g/mol. The molecule has 0 unspecified atom stereocenters. The van der Waals surface area contributed by atoms with Gasteiger partial charge >= 0.3 is 0 Å². The molecule has 6 N–H and O–H groups in total. The molecule has 4 rings (SSSR count). The summed E-state index contributed by atoms with van der Waals surface area (Å²) in [7, 11) is -4.70. The van der Waals surface area contributed by atoms with Gasteiger partial charge in [-0.25, -0.2) is 5.26 Å². The van der Waals surface area contributed by atoms with Crippen molar-refractivity contribution in [2.45, 2.75) is 50.3 Å². The third-order valence-electron chi connectivity index (χ3n) is 8.29. The fraction of sp³-hybridized carbons (Fsp3) is 0.412. The normalized spacial score (nSPS) is 11.8. The Labute approximate surface area is 340 Å². The fourth-order valence-electron chi connectivity index (χ4n) is 5.34. The largest absolute Gasteiger partial charge is 0.354 e. The molecule has 0 fully saturated rings. The van der Waals surface area contributed by atoms with Crippen molar-refractivity contribution in [2.24, 2.45) is 0 Å². The summed E-state index contributed by atoms with van der Waals surface area (Å²) < 4.78 is 39.9. The molecule has 0 radical (unpaired) electrons. The molecule has 2 aromatic carbocycles. The van der Waals surface area contributed by atoms with Crippen molar-refractivity contribution >= 4 is 92.7 Å². The first-order valence-corrected chi connectivity index (χ1v) is 20.8. The molecule has 0 saturated heterocycles. The van der Waals surface area contributed by atoms with Gasteiger partial charge in [0.2, 0.25) is 34.4 Å². The molecule has 56 heavy (non-hydrogen) atoms. The number of hydrogen-bond donors (Lipinski definition) is 6. The topological polar surface area (TPSA) is 225 Å². The lowest BCUT2D eigenvalue weighted by atomic mass is 10.1. The third-order valence-corrected chi connectivity index (χ3v) is 10.2. The maximum atomic E-state index is 12.5. The van der Waals surface area contributed by atoms with E-state index in [0.717, 1.165) is 52.1 Å². The standard InChI is InChI=1S/C34H46Cl2N12O6S2/c1-5-47(6-2)19-9-17-37-31-41-29(35)43-33(45-31)39-25-15-13-23(27(21-25)55-54-53-49)11-12-24-14-16-26(22-28(24)56(50,51)52)40-34-44-30(36)42-32(46-34)38-18-10-20-48(7-3)8-4/h11-16,21-22,49H,5-10,17-20H2,1-4H3,(H,50,51,52)(H2,37,39,41,43,45)(H2,38,40,42,44,46)/b12-11+. The molecule has 0 bridgehead atoms. The number of halogens is 2. The molecule has 4 aromatic rings. The van der Waals surface area contributed by atoms with E-state index in [1.807, 2.05) is 0 Å². The van der Waals surface area contributed by atoms with Crippen molar-refractivity contribution in [3.8, 4) is 0 Å². The Hall–Kier alpha value is -3.96. The van der Waals surface area contributed by atoms with Crippen LogP contribution in [0.1, 0.15) is 51.7 Å². The molecule has 22 heteroatoms. The molecular formula is C34H46Cl2N12O6S2. The van der Waals surface area contributed by atoms with Gasteiger partial charge in [0.05, 0.1) is 12.0 Å². The highest BCUT2D eigenvalue weighted by molar-refractivity contribution is 7.94. The number of benzene rings is 2. The van der Waals surface area contributed by atoms with E-state index in [4.69, 9.17) is 32.8 Å². The summed E-state index contributed by atoms with van der Waals surface area (Å²) >= 11 is 13.0. The van der Waals surface area contributed by atoms with Crippen LogP contribution < -0.4 is 21.3 Å². The van der Waals surface area contributed by atoms with Gasteiger partial charge in [-0.3, -0.25) is 4.55 Å². The SMILES string of the molecule is CCN(CC)CCCNc1nc(Cl)nc(Nc2ccc(/C=C/c3ccc(Nc4nc(Cl)nc(NCCCN(CC)CC)n4)cc3S(=O)(=O)O)c(SOOO)c2)n1. The highest BCUT2D eigenvalue weighted by Crippen LogP contribution is 2.31. The first-order valence-electron chi connectivity index (χ1n) is 17.8. The summed E-state index contributed by atoms with van der Waals surface area (Å²) in [5.74, 6) is 0.812. The molecule has 304 valence electrons. The van der Waals surface area contributed by atoms with Gasteiger partial charge in [0.15, 0.2) is 0 Å². The lowest BCUT2D eigenvalue weighted by molar-refractivity contribution is -0.432. The van der Waals surface area contributed by atoms with Crippen LogP contribution in [0.4, 0.5) is 35.2 Å². The zero-order chi connectivity index (χ0) is 40.5. The Bertz CT molecular complexity index is 2010. The first-order chi connectivity index (χ1) is 26.9. The van der Waals surface area contributed by atoms with Crippen LogP contribution in [-0.4, -0.2) is 110 Å². The van der Waals surface area contributed by atoms with Crippen molar-refractivity contribution in [1.82, 2.24) is 39.7 Å². The van der Waals surface area contributed by atoms with Gasteiger partial charge < -0.3 is 31.1 Å². The van der Waals surface area contributed by atoms with Crippen molar-refractivity contribution in [2.75, 3.05) is 73.6 Å². The van der Waals surface area contributed by atoms with E-state index in [0.29, 0.717) is 47.2 Å². The molecule has 2 aromatic heterocycles. The van der Waals surface area contributed by atoms with Gasteiger partial charge in [0.25, 0.3) is 10.1 Å². The Balaban J connectivity index is 1.49. The van der Waals surface area contributed by atoms with E-state index in [9.17, 15) is 13.0 Å². The average Bonchev–Trinajstić information content (AvgIpc) is 3.16. The molecule has 0 spiro atoms. The minimum Gasteiger partial charge on any atom is -0.354 e. The second kappa shape index (κ2) is 22.7. The number of aromatic nitrogens is 6. The summed E-state index contributed by atoms with van der Waals surface area (Å²) in [4.78, 5) is 29.9. The van der Waals surface area contributed by atoms with Gasteiger partial charge in [0.1, 0.15) is 4.90 Å². The summed E-state index contributed by atoms with van der Waals surface area (Å²) in [6.45, 7) is 15.4. The van der Waals surface area contributed by atoms with Gasteiger partial charge in [-0.05, 0) is 111 Å². The smallest absolute Gasteiger partial charge is 0.295 e. The highest BCUT2D eigenvalue weighted by atomic mass is 35.5. The predicted octanol–water partition coefficient (Wildman–Crippen LogP) is 6.98. The number of anilines is 6. The number of rotatable bonds is 24. The van der Waals surface area contributed by atoms with Crippen molar-refractivity contribution < 1.29 is 27.6 Å². The van der Waals surface area contributed by atoms with Gasteiger partial charge in [-0.2, -0.15) is 38.3 Å². The molecular weight excluding hydrogens is 807 g/mol. The highest BCUT2D eigenvalue weighted by Gasteiger charge is 2.17. The number of nitrogens with one attached hydrogen (secondary N) is 4. The molecule has 0 aliphatic rings. The summed E-state index contributed by atoms with van der Waals surface area (Å²) in [5.41, 5.74) is 1.48. The van der Waals surface area contributed by atoms with E-state index < -0.39 is 10.1 Å². The molecule has 0 aliphatic carbocycles. The summed E-state index contributed by atoms with van der Waals surface area (Å²) in [6, 6.07) is 9.38. The van der Waals surface area contributed by atoms with E-state index in [-0.39, 0.29) is 44.6 Å². The maximum Gasteiger partial charge on any atom is 0.295 e. The van der Waals surface area contributed by atoms with Crippen molar-refractivity contribution in [1.29, 1.82) is 0 Å². The minimum absolute atomic E-state index is 0.00786. The zero-order valence-corrected chi connectivity index (χ0v) is 34.5. The van der Waals surface area contributed by atoms with Crippen LogP contribution in [0.5, 0.6) is 0 Å². The average molecular weight is 854 g/mol. The van der Waals surface area contributed by atoms with E-state index in [2.05, 4.69) is 93.7 Å². The third kappa shape index (κ3) is 14.5.